The van der Waals surface area contributed by atoms with Gasteiger partial charge in [-0.3, -0.25) is 4.79 Å². The van der Waals surface area contributed by atoms with Crippen molar-refractivity contribution in [1.29, 1.82) is 0 Å². The molecule has 5 rings (SSSR count). The van der Waals surface area contributed by atoms with Gasteiger partial charge in [-0.15, -0.1) is 0 Å². The highest BCUT2D eigenvalue weighted by Crippen LogP contribution is 2.27. The molecule has 6 nitrogen and oxygen atoms in total. The van der Waals surface area contributed by atoms with E-state index in [-0.39, 0.29) is 5.43 Å². The maximum atomic E-state index is 13.0. The third-order valence-electron chi connectivity index (χ3n) is 5.64. The molecule has 0 spiro atoms. The molecular weight excluding hydrogens is 388 g/mol. The van der Waals surface area contributed by atoms with Crippen LogP contribution in [0.2, 0.25) is 5.02 Å². The van der Waals surface area contributed by atoms with E-state index in [0.29, 0.717) is 27.4 Å². The van der Waals surface area contributed by atoms with Crippen molar-refractivity contribution in [3.05, 3.63) is 57.4 Å². The van der Waals surface area contributed by atoms with E-state index >= 15 is 0 Å². The number of aryl methyl sites for hydroxylation is 1. The summed E-state index contributed by atoms with van der Waals surface area (Å²) in [6.07, 6.45) is 1.47. The van der Waals surface area contributed by atoms with Crippen molar-refractivity contribution in [3.8, 4) is 11.4 Å². The highest BCUT2D eigenvalue weighted by Gasteiger charge is 2.17. The van der Waals surface area contributed by atoms with Gasteiger partial charge < -0.3 is 19.2 Å². The summed E-state index contributed by atoms with van der Waals surface area (Å²) in [6.45, 7) is 5.97. The second-order valence-electron chi connectivity index (χ2n) is 7.65. The molecule has 7 heteroatoms. The smallest absolute Gasteiger partial charge is 0.203 e. The van der Waals surface area contributed by atoms with E-state index in [0.717, 1.165) is 48.5 Å². The van der Waals surface area contributed by atoms with Crippen LogP contribution in [0.15, 0.2) is 45.8 Å². The molecule has 29 heavy (non-hydrogen) atoms. The first-order valence-electron chi connectivity index (χ1n) is 9.65. The van der Waals surface area contributed by atoms with Gasteiger partial charge in [-0.05, 0) is 49.9 Å². The normalized spacial score (nSPS) is 15.5. The van der Waals surface area contributed by atoms with Gasteiger partial charge in [0.05, 0.1) is 16.4 Å². The Morgan fingerprint density at radius 2 is 1.93 bits per heavy atom. The summed E-state index contributed by atoms with van der Waals surface area (Å²) >= 11 is 6.21. The molecular formula is C22H21ClN4O2. The Kier molecular flexibility index (Phi) is 4.33. The van der Waals surface area contributed by atoms with Crippen LogP contribution in [0.3, 0.4) is 0 Å². The molecule has 1 aliphatic heterocycles. The molecule has 1 N–H and O–H groups in total. The number of hydrogen-bond donors (Lipinski definition) is 1. The number of benzene rings is 2. The van der Waals surface area contributed by atoms with Gasteiger partial charge in [0.25, 0.3) is 0 Å². The van der Waals surface area contributed by atoms with Crippen LogP contribution in [-0.2, 0) is 0 Å². The van der Waals surface area contributed by atoms with E-state index in [2.05, 4.69) is 38.9 Å². The number of hydrogen-bond acceptors (Lipinski definition) is 5. The molecule has 0 saturated carbocycles. The lowest BCUT2D eigenvalue weighted by Crippen LogP contribution is -2.44. The zero-order valence-electron chi connectivity index (χ0n) is 16.3. The first-order chi connectivity index (χ1) is 14.0. The highest BCUT2D eigenvalue weighted by molar-refractivity contribution is 6.32. The molecule has 3 heterocycles. The molecule has 1 aliphatic rings. The lowest BCUT2D eigenvalue weighted by molar-refractivity contribution is 0.313. The molecule has 0 amide bonds. The van der Waals surface area contributed by atoms with E-state index < -0.39 is 0 Å². The van der Waals surface area contributed by atoms with Gasteiger partial charge in [-0.1, -0.05) is 11.6 Å². The first kappa shape index (κ1) is 18.2. The minimum atomic E-state index is -0.147. The Bertz CT molecular complexity index is 1290. The van der Waals surface area contributed by atoms with Crippen LogP contribution < -0.4 is 10.3 Å². The van der Waals surface area contributed by atoms with Crippen LogP contribution in [0.4, 0.5) is 5.69 Å². The molecule has 1 saturated heterocycles. The van der Waals surface area contributed by atoms with Crippen molar-refractivity contribution in [2.75, 3.05) is 38.1 Å². The second-order valence-corrected chi connectivity index (χ2v) is 8.06. The van der Waals surface area contributed by atoms with Gasteiger partial charge in [0.1, 0.15) is 23.2 Å². The molecule has 0 aliphatic carbocycles. The van der Waals surface area contributed by atoms with Crippen LogP contribution >= 0.6 is 11.6 Å². The fourth-order valence-electron chi connectivity index (χ4n) is 3.80. The van der Waals surface area contributed by atoms with Crippen molar-refractivity contribution in [1.82, 2.24) is 14.9 Å². The Morgan fingerprint density at radius 1 is 1.14 bits per heavy atom. The SMILES string of the molecule is Cc1cc2occ(-c3nc4ccc(N5CCN(C)CC5)cc4[nH]3)c(=O)c2cc1Cl. The summed E-state index contributed by atoms with van der Waals surface area (Å²) in [6, 6.07) is 9.62. The monoisotopic (exact) mass is 408 g/mol. The van der Waals surface area contributed by atoms with Crippen molar-refractivity contribution in [2.24, 2.45) is 0 Å². The molecule has 1 fully saturated rings. The molecule has 2 aromatic carbocycles. The number of nitrogens with zero attached hydrogens (tertiary/aromatic N) is 3. The number of piperazine rings is 1. The summed E-state index contributed by atoms with van der Waals surface area (Å²) in [5.41, 5.74) is 4.52. The first-order valence-corrected chi connectivity index (χ1v) is 10.0. The number of likely N-dealkylation sites (N-methyl/N-ethyl adjacent to an activating group) is 1. The van der Waals surface area contributed by atoms with Crippen LogP contribution in [0.5, 0.6) is 0 Å². The molecule has 0 unspecified atom stereocenters. The number of aromatic amines is 1. The zero-order chi connectivity index (χ0) is 20.1. The number of imidazole rings is 1. The van der Waals surface area contributed by atoms with Crippen molar-refractivity contribution >= 4 is 39.3 Å². The van der Waals surface area contributed by atoms with Crippen molar-refractivity contribution in [2.45, 2.75) is 6.92 Å². The third kappa shape index (κ3) is 3.18. The molecule has 4 aromatic rings. The predicted octanol–water partition coefficient (Wildman–Crippen LogP) is 4.05. The van der Waals surface area contributed by atoms with Gasteiger partial charge in [0, 0.05) is 36.9 Å². The number of nitrogens with one attached hydrogen (secondary N) is 1. The predicted molar refractivity (Wildman–Crippen MR) is 117 cm³/mol. The summed E-state index contributed by atoms with van der Waals surface area (Å²) in [5.74, 6) is 0.503. The fraction of sp³-hybridized carbons (Fsp3) is 0.273. The van der Waals surface area contributed by atoms with Gasteiger partial charge in [0.15, 0.2) is 0 Å². The van der Waals surface area contributed by atoms with Crippen molar-refractivity contribution in [3.63, 3.8) is 0 Å². The Morgan fingerprint density at radius 3 is 2.72 bits per heavy atom. The molecule has 148 valence electrons. The molecule has 0 radical (unpaired) electrons. The maximum Gasteiger partial charge on any atom is 0.203 e. The summed E-state index contributed by atoms with van der Waals surface area (Å²) in [7, 11) is 2.14. The number of aromatic nitrogens is 2. The maximum absolute atomic E-state index is 13.0. The van der Waals surface area contributed by atoms with E-state index in [1.807, 2.05) is 13.0 Å². The number of halogens is 1. The van der Waals surface area contributed by atoms with Crippen LogP contribution in [-0.4, -0.2) is 48.1 Å². The number of fused-ring (bicyclic) bond motifs is 2. The third-order valence-corrected chi connectivity index (χ3v) is 6.05. The average Bonchev–Trinajstić information content (AvgIpc) is 3.13. The zero-order valence-corrected chi connectivity index (χ0v) is 17.1. The highest BCUT2D eigenvalue weighted by atomic mass is 35.5. The topological polar surface area (TPSA) is 65.4 Å². The van der Waals surface area contributed by atoms with Crippen LogP contribution in [0.25, 0.3) is 33.4 Å². The largest absolute Gasteiger partial charge is 0.463 e. The number of rotatable bonds is 2. The van der Waals surface area contributed by atoms with E-state index in [4.69, 9.17) is 16.0 Å². The van der Waals surface area contributed by atoms with Gasteiger partial charge in [-0.25, -0.2) is 4.98 Å². The summed E-state index contributed by atoms with van der Waals surface area (Å²) in [5, 5.41) is 1.00. The van der Waals surface area contributed by atoms with Crippen LogP contribution in [0.1, 0.15) is 5.56 Å². The summed E-state index contributed by atoms with van der Waals surface area (Å²) < 4.78 is 5.71. The second kappa shape index (κ2) is 6.90. The lowest BCUT2D eigenvalue weighted by atomic mass is 10.1. The minimum Gasteiger partial charge on any atom is -0.463 e. The lowest BCUT2D eigenvalue weighted by Gasteiger charge is -2.34. The van der Waals surface area contributed by atoms with E-state index in [9.17, 15) is 4.79 Å². The van der Waals surface area contributed by atoms with E-state index in [1.165, 1.54) is 6.26 Å². The Labute approximate surface area is 172 Å². The van der Waals surface area contributed by atoms with Crippen molar-refractivity contribution < 1.29 is 4.42 Å². The minimum absolute atomic E-state index is 0.147. The Hall–Kier alpha value is -2.83. The van der Waals surface area contributed by atoms with E-state index in [1.54, 1.807) is 12.1 Å². The van der Waals surface area contributed by atoms with Gasteiger partial charge >= 0.3 is 0 Å². The quantitative estimate of drug-likeness (QED) is 0.542. The molecule has 2 aromatic heterocycles. The summed E-state index contributed by atoms with van der Waals surface area (Å²) in [4.78, 5) is 25.6. The van der Waals surface area contributed by atoms with Gasteiger partial charge in [0.2, 0.25) is 5.43 Å². The van der Waals surface area contributed by atoms with Gasteiger partial charge in [-0.2, -0.15) is 0 Å². The molecule has 0 bridgehead atoms. The fourth-order valence-corrected chi connectivity index (χ4v) is 3.96. The van der Waals surface area contributed by atoms with Crippen LogP contribution in [0, 0.1) is 6.92 Å². The number of anilines is 1. The number of H-pyrrole nitrogens is 1. The Balaban J connectivity index is 1.56. The molecule has 0 atom stereocenters. The standard InChI is InChI=1S/C22H21ClN4O2/c1-13-9-20-15(11-17(13)23)21(28)16(12-29-20)22-24-18-4-3-14(10-19(18)25-22)27-7-5-26(2)6-8-27/h3-4,9-12H,5-8H2,1-2H3,(H,24,25). The average molecular weight is 409 g/mol.